The smallest absolute Gasteiger partial charge is 0.405 e. The second-order valence-electron chi connectivity index (χ2n) is 6.11. The van der Waals surface area contributed by atoms with Gasteiger partial charge in [-0.15, -0.1) is 23.4 Å². The highest BCUT2D eigenvalue weighted by atomic mass is 19.4. The molecule has 30 heavy (non-hydrogen) atoms. The SMILES string of the molecule is Cc1noc(-c2cccn3c(CNC(=O)c4ccccc4OC(F)(F)F)nnc23)n1. The first-order valence-corrected chi connectivity index (χ1v) is 8.58. The lowest BCUT2D eigenvalue weighted by Crippen LogP contribution is -2.26. The van der Waals surface area contributed by atoms with Gasteiger partial charge in [-0.3, -0.25) is 9.20 Å². The van der Waals surface area contributed by atoms with Gasteiger partial charge in [-0.1, -0.05) is 17.3 Å². The molecule has 3 heterocycles. The summed E-state index contributed by atoms with van der Waals surface area (Å²) in [4.78, 5) is 16.6. The number of para-hydroxylation sites is 1. The Labute approximate surface area is 166 Å². The van der Waals surface area contributed by atoms with Gasteiger partial charge in [0.05, 0.1) is 17.7 Å². The van der Waals surface area contributed by atoms with E-state index in [2.05, 4.69) is 30.4 Å². The number of nitrogens with one attached hydrogen (secondary N) is 1. The number of ether oxygens (including phenoxy) is 1. The third kappa shape index (κ3) is 3.92. The highest BCUT2D eigenvalue weighted by Crippen LogP contribution is 2.26. The number of fused-ring (bicyclic) bond motifs is 1. The minimum Gasteiger partial charge on any atom is -0.405 e. The number of hydrogen-bond acceptors (Lipinski definition) is 7. The highest BCUT2D eigenvalue weighted by Gasteiger charge is 2.32. The molecule has 0 saturated carbocycles. The average Bonchev–Trinajstić information content (AvgIpc) is 3.31. The van der Waals surface area contributed by atoms with E-state index >= 15 is 0 Å². The molecule has 0 unspecified atom stereocenters. The fraction of sp³-hybridized carbons (Fsp3) is 0.167. The van der Waals surface area contributed by atoms with Crippen LogP contribution in [0.25, 0.3) is 17.1 Å². The number of rotatable bonds is 5. The van der Waals surface area contributed by atoms with E-state index in [0.29, 0.717) is 22.9 Å². The molecule has 1 N–H and O–H groups in total. The first kappa shape index (κ1) is 19.4. The van der Waals surface area contributed by atoms with Crippen LogP contribution < -0.4 is 10.1 Å². The molecule has 3 aromatic heterocycles. The minimum absolute atomic E-state index is 0.0906. The summed E-state index contributed by atoms with van der Waals surface area (Å²) in [6.07, 6.45) is -3.24. The Morgan fingerprint density at radius 1 is 1.20 bits per heavy atom. The van der Waals surface area contributed by atoms with E-state index < -0.39 is 18.0 Å². The van der Waals surface area contributed by atoms with E-state index in [-0.39, 0.29) is 18.0 Å². The van der Waals surface area contributed by atoms with Gasteiger partial charge in [-0.05, 0) is 31.2 Å². The molecule has 12 heteroatoms. The summed E-state index contributed by atoms with van der Waals surface area (Å²) in [5.74, 6) is -0.276. The van der Waals surface area contributed by atoms with Crippen molar-refractivity contribution in [1.29, 1.82) is 0 Å². The highest BCUT2D eigenvalue weighted by molar-refractivity contribution is 5.96. The van der Waals surface area contributed by atoms with Crippen molar-refractivity contribution < 1.29 is 27.2 Å². The van der Waals surface area contributed by atoms with Gasteiger partial charge in [0.15, 0.2) is 17.3 Å². The van der Waals surface area contributed by atoms with Crippen LogP contribution in [-0.4, -0.2) is 37.0 Å². The van der Waals surface area contributed by atoms with Crippen molar-refractivity contribution in [3.8, 4) is 17.2 Å². The van der Waals surface area contributed by atoms with Crippen LogP contribution in [0.2, 0.25) is 0 Å². The lowest BCUT2D eigenvalue weighted by molar-refractivity contribution is -0.274. The Hall–Kier alpha value is -3.96. The van der Waals surface area contributed by atoms with Crippen molar-refractivity contribution in [1.82, 2.24) is 30.1 Å². The fourth-order valence-corrected chi connectivity index (χ4v) is 2.78. The lowest BCUT2D eigenvalue weighted by atomic mass is 10.2. The van der Waals surface area contributed by atoms with E-state index in [1.165, 1.54) is 18.2 Å². The monoisotopic (exact) mass is 418 g/mol. The van der Waals surface area contributed by atoms with Gasteiger partial charge < -0.3 is 14.6 Å². The summed E-state index contributed by atoms with van der Waals surface area (Å²) >= 11 is 0. The third-order valence-corrected chi connectivity index (χ3v) is 4.03. The number of alkyl halides is 3. The number of aryl methyl sites for hydroxylation is 1. The van der Waals surface area contributed by atoms with Crippen LogP contribution in [0.5, 0.6) is 5.75 Å². The van der Waals surface area contributed by atoms with Crippen LogP contribution in [0.15, 0.2) is 47.1 Å². The third-order valence-electron chi connectivity index (χ3n) is 4.03. The van der Waals surface area contributed by atoms with E-state index in [9.17, 15) is 18.0 Å². The van der Waals surface area contributed by atoms with Crippen molar-refractivity contribution in [2.24, 2.45) is 0 Å². The van der Waals surface area contributed by atoms with Gasteiger partial charge in [-0.25, -0.2) is 0 Å². The Balaban J connectivity index is 1.56. The normalized spacial score (nSPS) is 11.6. The molecule has 0 radical (unpaired) electrons. The van der Waals surface area contributed by atoms with Crippen LogP contribution >= 0.6 is 0 Å². The zero-order chi connectivity index (χ0) is 21.3. The topological polar surface area (TPSA) is 107 Å². The first-order valence-electron chi connectivity index (χ1n) is 8.58. The number of carbonyl (C=O) groups excluding carboxylic acids is 1. The van der Waals surface area contributed by atoms with E-state index in [1.54, 1.807) is 29.7 Å². The standard InChI is InChI=1S/C18H13F3N6O3/c1-10-23-17(30-26-10)12-6-4-8-27-14(24-25-15(12)27)9-22-16(28)11-5-2-3-7-13(11)29-18(19,20)21/h2-8H,9H2,1H3,(H,22,28). The Morgan fingerprint density at radius 3 is 2.73 bits per heavy atom. The predicted molar refractivity (Wildman–Crippen MR) is 95.3 cm³/mol. The molecule has 0 fully saturated rings. The van der Waals surface area contributed by atoms with E-state index in [1.807, 2.05) is 0 Å². The molecule has 0 aliphatic rings. The molecule has 0 aliphatic heterocycles. The number of hydrogen-bond donors (Lipinski definition) is 1. The largest absolute Gasteiger partial charge is 0.573 e. The minimum atomic E-state index is -4.91. The quantitative estimate of drug-likeness (QED) is 0.531. The van der Waals surface area contributed by atoms with Crippen molar-refractivity contribution in [3.63, 3.8) is 0 Å². The number of benzene rings is 1. The number of halogens is 3. The zero-order valence-electron chi connectivity index (χ0n) is 15.3. The van der Waals surface area contributed by atoms with Crippen LogP contribution in [0.1, 0.15) is 22.0 Å². The van der Waals surface area contributed by atoms with Gasteiger partial charge in [-0.2, -0.15) is 4.98 Å². The molecule has 154 valence electrons. The van der Waals surface area contributed by atoms with Crippen LogP contribution in [0, 0.1) is 6.92 Å². The van der Waals surface area contributed by atoms with Gasteiger partial charge in [0.25, 0.3) is 11.8 Å². The summed E-state index contributed by atoms with van der Waals surface area (Å²) in [7, 11) is 0. The van der Waals surface area contributed by atoms with Gasteiger partial charge in [0.1, 0.15) is 5.75 Å². The van der Waals surface area contributed by atoms with Crippen LogP contribution in [-0.2, 0) is 6.54 Å². The number of amides is 1. The molecule has 4 rings (SSSR count). The number of aromatic nitrogens is 5. The van der Waals surface area contributed by atoms with Crippen molar-refractivity contribution in [3.05, 3.63) is 59.8 Å². The molecule has 0 bridgehead atoms. The summed E-state index contributed by atoms with van der Waals surface area (Å²) in [6.45, 7) is 1.59. The molecule has 9 nitrogen and oxygen atoms in total. The summed E-state index contributed by atoms with van der Waals surface area (Å²) in [5.41, 5.74) is 0.712. The molecule has 0 spiro atoms. The number of nitrogens with zero attached hydrogens (tertiary/aromatic N) is 5. The van der Waals surface area contributed by atoms with Gasteiger partial charge >= 0.3 is 6.36 Å². The first-order chi connectivity index (χ1) is 14.3. The zero-order valence-corrected chi connectivity index (χ0v) is 15.3. The molecule has 0 aliphatic carbocycles. The molecule has 4 aromatic rings. The summed E-state index contributed by atoms with van der Waals surface area (Å²) < 4.78 is 48.3. The fourth-order valence-electron chi connectivity index (χ4n) is 2.78. The Kier molecular flexibility index (Phi) is 4.82. The van der Waals surface area contributed by atoms with Gasteiger partial charge in [0, 0.05) is 6.20 Å². The molecule has 1 aromatic carbocycles. The number of carbonyl (C=O) groups is 1. The average molecular weight is 418 g/mol. The summed E-state index contributed by atoms with van der Waals surface area (Å²) in [5, 5.41) is 14.4. The Morgan fingerprint density at radius 2 is 2.00 bits per heavy atom. The van der Waals surface area contributed by atoms with E-state index in [4.69, 9.17) is 4.52 Å². The second kappa shape index (κ2) is 7.46. The summed E-state index contributed by atoms with van der Waals surface area (Å²) in [6, 6.07) is 8.50. The maximum Gasteiger partial charge on any atom is 0.573 e. The number of pyridine rings is 1. The molecule has 0 saturated heterocycles. The van der Waals surface area contributed by atoms with Crippen molar-refractivity contribution in [2.75, 3.05) is 0 Å². The molecule has 0 atom stereocenters. The second-order valence-corrected chi connectivity index (χ2v) is 6.11. The van der Waals surface area contributed by atoms with Crippen LogP contribution in [0.3, 0.4) is 0 Å². The maximum absolute atomic E-state index is 12.6. The van der Waals surface area contributed by atoms with Crippen molar-refractivity contribution in [2.45, 2.75) is 19.8 Å². The molecular weight excluding hydrogens is 405 g/mol. The van der Waals surface area contributed by atoms with Crippen LogP contribution in [0.4, 0.5) is 13.2 Å². The van der Waals surface area contributed by atoms with Gasteiger partial charge in [0.2, 0.25) is 0 Å². The molecule has 1 amide bonds. The van der Waals surface area contributed by atoms with E-state index in [0.717, 1.165) is 6.07 Å². The molecular formula is C18H13F3N6O3. The Bertz CT molecular complexity index is 1220. The lowest BCUT2D eigenvalue weighted by Gasteiger charge is -2.12. The maximum atomic E-state index is 12.6. The predicted octanol–water partition coefficient (Wildman–Crippen LogP) is 2.92. The van der Waals surface area contributed by atoms with Crippen molar-refractivity contribution >= 4 is 11.6 Å².